The summed E-state index contributed by atoms with van der Waals surface area (Å²) in [6, 6.07) is 0. The zero-order valence-electron chi connectivity index (χ0n) is 7.14. The molecule has 0 aromatic rings. The van der Waals surface area contributed by atoms with Gasteiger partial charge < -0.3 is 9.84 Å². The highest BCUT2D eigenvalue weighted by molar-refractivity contribution is 5.07. The summed E-state index contributed by atoms with van der Waals surface area (Å²) in [7, 11) is 0. The predicted molar refractivity (Wildman–Crippen MR) is 38.1 cm³/mol. The number of halogens is 3. The second kappa shape index (κ2) is 2.39. The van der Waals surface area contributed by atoms with Crippen molar-refractivity contribution in [3.8, 4) is 0 Å². The van der Waals surface area contributed by atoms with E-state index < -0.39 is 24.0 Å². The summed E-state index contributed by atoms with van der Waals surface area (Å²) in [5.41, 5.74) is -2.59. The van der Waals surface area contributed by atoms with Crippen molar-refractivity contribution in [3.05, 3.63) is 0 Å². The lowest BCUT2D eigenvalue weighted by atomic mass is 9.79. The monoisotopic (exact) mass is 196 g/mol. The molecule has 1 N–H and O–H groups in total. The van der Waals surface area contributed by atoms with Crippen molar-refractivity contribution in [2.45, 2.75) is 43.8 Å². The Morgan fingerprint density at radius 3 is 2.38 bits per heavy atom. The van der Waals surface area contributed by atoms with Gasteiger partial charge in [-0.1, -0.05) is 6.92 Å². The third kappa shape index (κ3) is 1.10. The van der Waals surface area contributed by atoms with Gasteiger partial charge in [-0.05, 0) is 12.3 Å². The van der Waals surface area contributed by atoms with E-state index in [1.54, 1.807) is 0 Å². The maximum atomic E-state index is 12.4. The first-order valence-electron chi connectivity index (χ1n) is 4.29. The van der Waals surface area contributed by atoms with Gasteiger partial charge in [-0.2, -0.15) is 13.2 Å². The average Bonchev–Trinajstić information content (AvgIpc) is 2.42. The SMILES string of the molecule is C[C@@H]1CC2O[C@H]1CC2(O)C(F)(F)F. The van der Waals surface area contributed by atoms with Gasteiger partial charge in [0.15, 0.2) is 5.60 Å². The van der Waals surface area contributed by atoms with E-state index in [0.717, 1.165) is 0 Å². The molecule has 0 spiro atoms. The number of hydrogen-bond donors (Lipinski definition) is 1. The van der Waals surface area contributed by atoms with Gasteiger partial charge in [0.2, 0.25) is 0 Å². The van der Waals surface area contributed by atoms with E-state index in [1.807, 2.05) is 6.92 Å². The van der Waals surface area contributed by atoms with Gasteiger partial charge in [-0.15, -0.1) is 0 Å². The van der Waals surface area contributed by atoms with Crippen LogP contribution in [0.15, 0.2) is 0 Å². The van der Waals surface area contributed by atoms with Crippen molar-refractivity contribution in [1.82, 2.24) is 0 Å². The number of fused-ring (bicyclic) bond motifs is 2. The van der Waals surface area contributed by atoms with Crippen LogP contribution in [-0.2, 0) is 4.74 Å². The number of aliphatic hydroxyl groups is 1. The fourth-order valence-corrected chi connectivity index (χ4v) is 2.18. The highest BCUT2D eigenvalue weighted by Crippen LogP contribution is 2.51. The Labute approximate surface area is 73.7 Å². The first kappa shape index (κ1) is 9.27. The summed E-state index contributed by atoms with van der Waals surface area (Å²) in [6.45, 7) is 1.85. The molecule has 2 unspecified atom stereocenters. The van der Waals surface area contributed by atoms with Crippen LogP contribution in [0.25, 0.3) is 0 Å². The molecular weight excluding hydrogens is 185 g/mol. The molecule has 0 aliphatic carbocycles. The molecule has 0 saturated carbocycles. The molecule has 2 saturated heterocycles. The second-order valence-corrected chi connectivity index (χ2v) is 4.00. The Kier molecular flexibility index (Phi) is 1.70. The van der Waals surface area contributed by atoms with Crippen LogP contribution in [0.2, 0.25) is 0 Å². The van der Waals surface area contributed by atoms with Crippen LogP contribution < -0.4 is 0 Å². The van der Waals surface area contributed by atoms with Gasteiger partial charge in [-0.25, -0.2) is 0 Å². The lowest BCUT2D eigenvalue weighted by Gasteiger charge is -2.33. The van der Waals surface area contributed by atoms with E-state index in [9.17, 15) is 18.3 Å². The molecule has 0 radical (unpaired) electrons. The van der Waals surface area contributed by atoms with Crippen molar-refractivity contribution >= 4 is 0 Å². The zero-order valence-corrected chi connectivity index (χ0v) is 7.14. The van der Waals surface area contributed by atoms with Crippen LogP contribution in [0.5, 0.6) is 0 Å². The molecule has 2 aliphatic heterocycles. The van der Waals surface area contributed by atoms with Crippen LogP contribution in [0.3, 0.4) is 0 Å². The van der Waals surface area contributed by atoms with E-state index in [-0.39, 0.29) is 12.3 Å². The fourth-order valence-electron chi connectivity index (χ4n) is 2.18. The first-order chi connectivity index (χ1) is 5.84. The zero-order chi connectivity index (χ0) is 9.85. The van der Waals surface area contributed by atoms with Crippen molar-refractivity contribution in [3.63, 3.8) is 0 Å². The van der Waals surface area contributed by atoms with Crippen LogP contribution in [0, 0.1) is 5.92 Å². The molecule has 2 bridgehead atoms. The van der Waals surface area contributed by atoms with Crippen molar-refractivity contribution in [2.75, 3.05) is 0 Å². The molecule has 2 aliphatic rings. The minimum absolute atomic E-state index is 0.132. The van der Waals surface area contributed by atoms with Gasteiger partial charge >= 0.3 is 6.18 Å². The maximum absolute atomic E-state index is 12.4. The summed E-state index contributed by atoms with van der Waals surface area (Å²) in [4.78, 5) is 0. The number of alkyl halides is 3. The lowest BCUT2D eigenvalue weighted by molar-refractivity contribution is -0.274. The summed E-state index contributed by atoms with van der Waals surface area (Å²) in [5.74, 6) is 0.132. The third-order valence-electron chi connectivity index (χ3n) is 3.10. The standard InChI is InChI=1S/C8H11F3O2/c1-4-2-6-7(12,8(9,10)11)3-5(4)13-6/h4-6,12H,2-3H2,1H3/t4-,5+,6?,7?/m1/s1. The minimum Gasteiger partial charge on any atom is -0.378 e. The van der Waals surface area contributed by atoms with Gasteiger partial charge in [0.1, 0.15) is 0 Å². The molecule has 2 nitrogen and oxygen atoms in total. The van der Waals surface area contributed by atoms with Gasteiger partial charge in [-0.3, -0.25) is 0 Å². The van der Waals surface area contributed by atoms with Crippen molar-refractivity contribution in [1.29, 1.82) is 0 Å². The molecule has 0 aromatic heterocycles. The summed E-state index contributed by atoms with van der Waals surface area (Å²) in [6.07, 6.45) is -6.03. The number of ether oxygens (including phenoxy) is 1. The Morgan fingerprint density at radius 2 is 2.08 bits per heavy atom. The summed E-state index contributed by atoms with van der Waals surface area (Å²) >= 11 is 0. The van der Waals surface area contributed by atoms with Crippen LogP contribution in [0.4, 0.5) is 13.2 Å². The van der Waals surface area contributed by atoms with Crippen molar-refractivity contribution in [2.24, 2.45) is 5.92 Å². The van der Waals surface area contributed by atoms with E-state index in [4.69, 9.17) is 4.74 Å². The van der Waals surface area contributed by atoms with Gasteiger partial charge in [0.25, 0.3) is 0 Å². The Balaban J connectivity index is 2.22. The summed E-state index contributed by atoms with van der Waals surface area (Å²) in [5, 5.41) is 9.39. The molecule has 2 heterocycles. The molecule has 0 amide bonds. The van der Waals surface area contributed by atoms with Crippen molar-refractivity contribution < 1.29 is 23.0 Å². The molecular formula is C8H11F3O2. The molecule has 2 fully saturated rings. The number of hydrogen-bond acceptors (Lipinski definition) is 2. The Morgan fingerprint density at radius 1 is 1.46 bits per heavy atom. The average molecular weight is 196 g/mol. The molecule has 13 heavy (non-hydrogen) atoms. The number of rotatable bonds is 0. The van der Waals surface area contributed by atoms with E-state index in [2.05, 4.69) is 0 Å². The van der Waals surface area contributed by atoms with Crippen LogP contribution in [0.1, 0.15) is 19.8 Å². The van der Waals surface area contributed by atoms with E-state index in [1.165, 1.54) is 0 Å². The van der Waals surface area contributed by atoms with E-state index >= 15 is 0 Å². The Hall–Kier alpha value is -0.290. The molecule has 0 aromatic carbocycles. The fraction of sp³-hybridized carbons (Fsp3) is 1.00. The highest BCUT2D eigenvalue weighted by Gasteiger charge is 2.67. The van der Waals surface area contributed by atoms with Gasteiger partial charge in [0, 0.05) is 6.42 Å². The molecule has 4 atom stereocenters. The quantitative estimate of drug-likeness (QED) is 0.635. The predicted octanol–water partition coefficient (Wildman–Crippen LogP) is 1.48. The summed E-state index contributed by atoms with van der Waals surface area (Å²) < 4.78 is 42.3. The third-order valence-corrected chi connectivity index (χ3v) is 3.10. The van der Waals surface area contributed by atoms with Gasteiger partial charge in [0.05, 0.1) is 12.2 Å². The van der Waals surface area contributed by atoms with Crippen LogP contribution in [-0.4, -0.2) is 29.1 Å². The Bertz CT molecular complexity index is 226. The highest BCUT2D eigenvalue weighted by atomic mass is 19.4. The molecule has 2 rings (SSSR count). The largest absolute Gasteiger partial charge is 0.419 e. The smallest absolute Gasteiger partial charge is 0.378 e. The topological polar surface area (TPSA) is 29.5 Å². The maximum Gasteiger partial charge on any atom is 0.419 e. The minimum atomic E-state index is -4.56. The first-order valence-corrected chi connectivity index (χ1v) is 4.29. The van der Waals surface area contributed by atoms with E-state index in [0.29, 0.717) is 6.42 Å². The molecule has 5 heteroatoms. The normalized spacial score (nSPS) is 50.1. The molecule has 76 valence electrons. The lowest BCUT2D eigenvalue weighted by Crippen LogP contribution is -2.53. The second-order valence-electron chi connectivity index (χ2n) is 4.00. The van der Waals surface area contributed by atoms with Crippen LogP contribution >= 0.6 is 0 Å².